The second-order valence-electron chi connectivity index (χ2n) is 8.61. The molecule has 3 heterocycles. The summed E-state index contributed by atoms with van der Waals surface area (Å²) in [5, 5.41) is 6.47. The number of likely N-dealkylation sites (tertiary alicyclic amines) is 1. The summed E-state index contributed by atoms with van der Waals surface area (Å²) < 4.78 is 2.45. The molecule has 0 bridgehead atoms. The molecular formula is C27H29N3OS. The smallest absolute Gasteiger partial charge is 0.223 e. The molecule has 1 fully saturated rings. The van der Waals surface area contributed by atoms with Crippen LogP contribution in [0.1, 0.15) is 29.0 Å². The van der Waals surface area contributed by atoms with Crippen molar-refractivity contribution in [3.8, 4) is 0 Å². The van der Waals surface area contributed by atoms with Crippen LogP contribution in [0.5, 0.6) is 0 Å². The summed E-state index contributed by atoms with van der Waals surface area (Å²) in [7, 11) is 0. The summed E-state index contributed by atoms with van der Waals surface area (Å²) in [4.78, 5) is 16.3. The molecule has 1 aliphatic heterocycles. The third kappa shape index (κ3) is 4.79. The van der Waals surface area contributed by atoms with Gasteiger partial charge in [-0.05, 0) is 60.5 Å². The van der Waals surface area contributed by atoms with Gasteiger partial charge in [-0.2, -0.15) is 0 Å². The van der Waals surface area contributed by atoms with Crippen LogP contribution < -0.4 is 5.32 Å². The van der Waals surface area contributed by atoms with Gasteiger partial charge in [0.05, 0.1) is 6.54 Å². The average Bonchev–Trinajstić information content (AvgIpc) is 3.47. The lowest BCUT2D eigenvalue weighted by Gasteiger charge is -2.31. The number of para-hydroxylation sites is 1. The van der Waals surface area contributed by atoms with E-state index in [1.807, 2.05) is 6.07 Å². The zero-order chi connectivity index (χ0) is 21.8. The second kappa shape index (κ2) is 9.72. The Balaban J connectivity index is 1.23. The number of nitrogens with one attached hydrogen (secondary N) is 1. The highest BCUT2D eigenvalue weighted by atomic mass is 32.1. The first-order chi connectivity index (χ1) is 15.8. The Morgan fingerprint density at radius 1 is 0.938 bits per heavy atom. The molecule has 0 unspecified atom stereocenters. The van der Waals surface area contributed by atoms with Gasteiger partial charge in [-0.1, -0.05) is 54.6 Å². The quantitative estimate of drug-likeness (QED) is 0.422. The minimum Gasteiger partial charge on any atom is -0.351 e. The lowest BCUT2D eigenvalue weighted by atomic mass is 9.96. The van der Waals surface area contributed by atoms with Crippen molar-refractivity contribution in [1.82, 2.24) is 14.8 Å². The standard InChI is InChI=1S/C27H29N3OS/c31-27(28-18-25-10-6-16-32-25)22-12-14-29(15-13-22)20-24-17-23-9-4-5-11-26(23)30(24)19-21-7-2-1-3-8-21/h1-11,16-17,22H,12-15,18-20H2,(H,28,31). The molecule has 4 nitrogen and oxygen atoms in total. The Labute approximate surface area is 193 Å². The Morgan fingerprint density at radius 2 is 1.72 bits per heavy atom. The summed E-state index contributed by atoms with van der Waals surface area (Å²) in [6.07, 6.45) is 1.85. The van der Waals surface area contributed by atoms with E-state index in [0.717, 1.165) is 39.0 Å². The Morgan fingerprint density at radius 3 is 2.50 bits per heavy atom. The van der Waals surface area contributed by atoms with Gasteiger partial charge in [0.2, 0.25) is 5.91 Å². The number of nitrogens with zero attached hydrogens (tertiary/aromatic N) is 2. The summed E-state index contributed by atoms with van der Waals surface area (Å²) in [6.45, 7) is 4.38. The fraction of sp³-hybridized carbons (Fsp3) is 0.296. The Bertz CT molecular complexity index is 1160. The summed E-state index contributed by atoms with van der Waals surface area (Å²) >= 11 is 1.69. The van der Waals surface area contributed by atoms with Gasteiger partial charge in [0.15, 0.2) is 0 Å². The fourth-order valence-electron chi connectivity index (χ4n) is 4.67. The number of hydrogen-bond donors (Lipinski definition) is 1. The number of benzene rings is 2. The van der Waals surface area contributed by atoms with Gasteiger partial charge in [-0.25, -0.2) is 0 Å². The minimum atomic E-state index is 0.126. The minimum absolute atomic E-state index is 0.126. The van der Waals surface area contributed by atoms with E-state index in [1.165, 1.54) is 27.0 Å². The number of fused-ring (bicyclic) bond motifs is 1. The first kappa shape index (κ1) is 21.0. The molecule has 0 atom stereocenters. The van der Waals surface area contributed by atoms with E-state index in [1.54, 1.807) is 11.3 Å². The van der Waals surface area contributed by atoms with Crippen molar-refractivity contribution in [3.63, 3.8) is 0 Å². The molecule has 0 radical (unpaired) electrons. The van der Waals surface area contributed by atoms with Gasteiger partial charge in [-0.3, -0.25) is 9.69 Å². The van der Waals surface area contributed by atoms with Crippen LogP contribution in [0.3, 0.4) is 0 Å². The molecule has 164 valence electrons. The highest BCUT2D eigenvalue weighted by Gasteiger charge is 2.25. The van der Waals surface area contributed by atoms with Gasteiger partial charge < -0.3 is 9.88 Å². The van der Waals surface area contributed by atoms with E-state index >= 15 is 0 Å². The van der Waals surface area contributed by atoms with Crippen LogP contribution in [-0.4, -0.2) is 28.5 Å². The summed E-state index contributed by atoms with van der Waals surface area (Å²) in [6, 6.07) is 25.7. The van der Waals surface area contributed by atoms with Crippen molar-refractivity contribution in [3.05, 3.63) is 94.3 Å². The van der Waals surface area contributed by atoms with E-state index in [0.29, 0.717) is 6.54 Å². The molecule has 0 aliphatic carbocycles. The number of carbonyl (C=O) groups excluding carboxylic acids is 1. The lowest BCUT2D eigenvalue weighted by Crippen LogP contribution is -2.40. The van der Waals surface area contributed by atoms with Crippen molar-refractivity contribution >= 4 is 28.1 Å². The number of aromatic nitrogens is 1. The lowest BCUT2D eigenvalue weighted by molar-refractivity contribution is -0.126. The number of thiophene rings is 1. The maximum atomic E-state index is 12.6. The first-order valence-electron chi connectivity index (χ1n) is 11.4. The summed E-state index contributed by atoms with van der Waals surface area (Å²) in [5.74, 6) is 0.331. The Hall–Kier alpha value is -2.89. The van der Waals surface area contributed by atoms with Crippen LogP contribution in [0.2, 0.25) is 0 Å². The van der Waals surface area contributed by atoms with Crippen molar-refractivity contribution in [2.45, 2.75) is 32.5 Å². The third-order valence-electron chi connectivity index (χ3n) is 6.44. The molecule has 5 rings (SSSR count). The van der Waals surface area contributed by atoms with Crippen LogP contribution in [0.4, 0.5) is 0 Å². The number of carbonyl (C=O) groups is 1. The van der Waals surface area contributed by atoms with Crippen LogP contribution >= 0.6 is 11.3 Å². The molecule has 1 amide bonds. The predicted octanol–water partition coefficient (Wildman–Crippen LogP) is 5.28. The normalized spacial score (nSPS) is 15.2. The molecule has 5 heteroatoms. The van der Waals surface area contributed by atoms with E-state index in [4.69, 9.17) is 0 Å². The van der Waals surface area contributed by atoms with Crippen LogP contribution in [-0.2, 0) is 24.4 Å². The van der Waals surface area contributed by atoms with Crippen molar-refractivity contribution < 1.29 is 4.79 Å². The zero-order valence-corrected chi connectivity index (χ0v) is 19.1. The third-order valence-corrected chi connectivity index (χ3v) is 7.32. The molecule has 32 heavy (non-hydrogen) atoms. The maximum Gasteiger partial charge on any atom is 0.223 e. The monoisotopic (exact) mass is 443 g/mol. The van der Waals surface area contributed by atoms with E-state index in [9.17, 15) is 4.79 Å². The molecule has 1 N–H and O–H groups in total. The fourth-order valence-corrected chi connectivity index (χ4v) is 5.31. The van der Waals surface area contributed by atoms with E-state index in [2.05, 4.69) is 86.9 Å². The van der Waals surface area contributed by atoms with Gasteiger partial charge in [-0.15, -0.1) is 11.3 Å². The van der Waals surface area contributed by atoms with E-state index in [-0.39, 0.29) is 11.8 Å². The second-order valence-corrected chi connectivity index (χ2v) is 9.65. The topological polar surface area (TPSA) is 37.3 Å². The molecule has 0 saturated carbocycles. The molecule has 4 aromatic rings. The highest BCUT2D eigenvalue weighted by Crippen LogP contribution is 2.25. The molecule has 2 aromatic heterocycles. The Kier molecular flexibility index (Phi) is 6.37. The van der Waals surface area contributed by atoms with Crippen molar-refractivity contribution in [2.75, 3.05) is 13.1 Å². The number of rotatable bonds is 7. The van der Waals surface area contributed by atoms with Crippen LogP contribution in [0.25, 0.3) is 10.9 Å². The van der Waals surface area contributed by atoms with Gasteiger partial charge in [0.25, 0.3) is 0 Å². The SMILES string of the molecule is O=C(NCc1cccs1)C1CCN(Cc2cc3ccccc3n2Cc2ccccc2)CC1. The molecule has 1 saturated heterocycles. The van der Waals surface area contributed by atoms with Crippen LogP contribution in [0.15, 0.2) is 78.2 Å². The average molecular weight is 444 g/mol. The number of piperidine rings is 1. The molecular weight excluding hydrogens is 414 g/mol. The van der Waals surface area contributed by atoms with E-state index < -0.39 is 0 Å². The largest absolute Gasteiger partial charge is 0.351 e. The number of hydrogen-bond acceptors (Lipinski definition) is 3. The van der Waals surface area contributed by atoms with Gasteiger partial charge in [0.1, 0.15) is 0 Å². The first-order valence-corrected chi connectivity index (χ1v) is 12.3. The maximum absolute atomic E-state index is 12.6. The van der Waals surface area contributed by atoms with Gasteiger partial charge in [0, 0.05) is 35.1 Å². The van der Waals surface area contributed by atoms with Crippen molar-refractivity contribution in [2.24, 2.45) is 5.92 Å². The summed E-state index contributed by atoms with van der Waals surface area (Å²) in [5.41, 5.74) is 3.95. The van der Waals surface area contributed by atoms with Crippen LogP contribution in [0, 0.1) is 5.92 Å². The van der Waals surface area contributed by atoms with Crippen molar-refractivity contribution in [1.29, 1.82) is 0 Å². The van der Waals surface area contributed by atoms with Gasteiger partial charge >= 0.3 is 0 Å². The predicted molar refractivity (Wildman–Crippen MR) is 132 cm³/mol. The number of amides is 1. The highest BCUT2D eigenvalue weighted by molar-refractivity contribution is 7.09. The molecule has 0 spiro atoms. The molecule has 1 aliphatic rings. The zero-order valence-electron chi connectivity index (χ0n) is 18.2. The molecule has 2 aromatic carbocycles.